The third kappa shape index (κ3) is 3.53. The average Bonchev–Trinajstić information content (AvgIpc) is 2.34. The van der Waals surface area contributed by atoms with Crippen LogP contribution in [-0.2, 0) is 0 Å². The molecule has 1 aromatic rings. The number of benzene rings is 1. The van der Waals surface area contributed by atoms with E-state index in [0.29, 0.717) is 22.8 Å². The summed E-state index contributed by atoms with van der Waals surface area (Å²) >= 11 is 0. The van der Waals surface area contributed by atoms with Crippen molar-refractivity contribution in [1.82, 2.24) is 5.32 Å². The molecule has 0 radical (unpaired) electrons. The normalized spacial score (nSPS) is 10.8. The smallest absolute Gasteiger partial charge is 0.255 e. The highest BCUT2D eigenvalue weighted by atomic mass is 16.5. The zero-order valence-electron chi connectivity index (χ0n) is 12.3. The standard InChI is InChI=1S/C14H21NO4/c1-14(2,3)15-13(16)9-7-8-10(17-4)12(19-6)11(9)18-5/h7-8H,1-6H3,(H,15,16). The molecule has 0 saturated heterocycles. The molecule has 1 amide bonds. The second-order valence-electron chi connectivity index (χ2n) is 5.09. The molecule has 0 fully saturated rings. The van der Waals surface area contributed by atoms with Crippen molar-refractivity contribution < 1.29 is 19.0 Å². The molecule has 0 aliphatic rings. The van der Waals surface area contributed by atoms with Gasteiger partial charge in [-0.2, -0.15) is 0 Å². The Kier molecular flexibility index (Phi) is 4.64. The molecule has 1 N–H and O–H groups in total. The second kappa shape index (κ2) is 5.82. The maximum atomic E-state index is 12.2. The molecule has 5 nitrogen and oxygen atoms in total. The Morgan fingerprint density at radius 3 is 2.00 bits per heavy atom. The Bertz CT molecular complexity index is 463. The van der Waals surface area contributed by atoms with E-state index in [-0.39, 0.29) is 11.4 Å². The van der Waals surface area contributed by atoms with Gasteiger partial charge >= 0.3 is 0 Å². The van der Waals surface area contributed by atoms with Crippen LogP contribution in [0.5, 0.6) is 17.2 Å². The van der Waals surface area contributed by atoms with Gasteiger partial charge < -0.3 is 19.5 Å². The Morgan fingerprint density at radius 1 is 1.00 bits per heavy atom. The summed E-state index contributed by atoms with van der Waals surface area (Å²) in [5, 5.41) is 2.88. The molecule has 0 unspecified atom stereocenters. The lowest BCUT2D eigenvalue weighted by atomic mass is 10.1. The van der Waals surface area contributed by atoms with Crippen LogP contribution in [0.2, 0.25) is 0 Å². The fourth-order valence-electron chi connectivity index (χ4n) is 1.69. The summed E-state index contributed by atoms with van der Waals surface area (Å²) in [6.45, 7) is 5.74. The lowest BCUT2D eigenvalue weighted by molar-refractivity contribution is 0.0915. The molecule has 5 heteroatoms. The topological polar surface area (TPSA) is 56.8 Å². The zero-order valence-corrected chi connectivity index (χ0v) is 12.3. The highest BCUT2D eigenvalue weighted by Gasteiger charge is 2.23. The number of hydrogen-bond donors (Lipinski definition) is 1. The molecule has 0 heterocycles. The van der Waals surface area contributed by atoms with Gasteiger partial charge in [-0.3, -0.25) is 4.79 Å². The van der Waals surface area contributed by atoms with Crippen molar-refractivity contribution in [1.29, 1.82) is 0 Å². The number of carbonyl (C=O) groups is 1. The lowest BCUT2D eigenvalue weighted by Crippen LogP contribution is -2.40. The molecular formula is C14H21NO4. The maximum Gasteiger partial charge on any atom is 0.255 e. The first-order valence-corrected chi connectivity index (χ1v) is 5.95. The van der Waals surface area contributed by atoms with Gasteiger partial charge in [-0.15, -0.1) is 0 Å². The van der Waals surface area contributed by atoms with Crippen molar-refractivity contribution in [3.63, 3.8) is 0 Å². The second-order valence-corrected chi connectivity index (χ2v) is 5.09. The molecule has 0 saturated carbocycles. The first kappa shape index (κ1) is 15.1. The number of nitrogens with one attached hydrogen (secondary N) is 1. The Balaban J connectivity index is 3.25. The van der Waals surface area contributed by atoms with E-state index in [4.69, 9.17) is 14.2 Å². The van der Waals surface area contributed by atoms with E-state index in [0.717, 1.165) is 0 Å². The molecule has 0 bridgehead atoms. The van der Waals surface area contributed by atoms with Gasteiger partial charge in [-0.1, -0.05) is 0 Å². The number of carbonyl (C=O) groups excluding carboxylic acids is 1. The van der Waals surface area contributed by atoms with Crippen molar-refractivity contribution in [2.45, 2.75) is 26.3 Å². The largest absolute Gasteiger partial charge is 0.493 e. The summed E-state index contributed by atoms with van der Waals surface area (Å²) in [4.78, 5) is 12.2. The fraction of sp³-hybridized carbons (Fsp3) is 0.500. The van der Waals surface area contributed by atoms with Crippen LogP contribution < -0.4 is 19.5 Å². The quantitative estimate of drug-likeness (QED) is 0.909. The zero-order chi connectivity index (χ0) is 14.6. The van der Waals surface area contributed by atoms with E-state index in [1.807, 2.05) is 20.8 Å². The van der Waals surface area contributed by atoms with Gasteiger partial charge in [0, 0.05) is 5.54 Å². The average molecular weight is 267 g/mol. The lowest BCUT2D eigenvalue weighted by Gasteiger charge is -2.22. The van der Waals surface area contributed by atoms with E-state index in [9.17, 15) is 4.79 Å². The van der Waals surface area contributed by atoms with Gasteiger partial charge in [0.1, 0.15) is 0 Å². The van der Waals surface area contributed by atoms with Crippen LogP contribution in [0.1, 0.15) is 31.1 Å². The first-order chi connectivity index (χ1) is 8.84. The highest BCUT2D eigenvalue weighted by molar-refractivity contribution is 5.98. The molecule has 0 aliphatic heterocycles. The number of rotatable bonds is 4. The summed E-state index contributed by atoms with van der Waals surface area (Å²) in [5.41, 5.74) is 0.0880. The molecule has 19 heavy (non-hydrogen) atoms. The van der Waals surface area contributed by atoms with E-state index in [2.05, 4.69) is 5.32 Å². The van der Waals surface area contributed by atoms with E-state index in [1.54, 1.807) is 12.1 Å². The third-order valence-electron chi connectivity index (χ3n) is 2.44. The summed E-state index contributed by atoms with van der Waals surface area (Å²) in [6, 6.07) is 3.33. The summed E-state index contributed by atoms with van der Waals surface area (Å²) in [7, 11) is 4.53. The van der Waals surface area contributed by atoms with Crippen LogP contribution in [-0.4, -0.2) is 32.8 Å². The molecule has 106 valence electrons. The predicted molar refractivity (Wildman–Crippen MR) is 73.3 cm³/mol. The van der Waals surface area contributed by atoms with Crippen molar-refractivity contribution >= 4 is 5.91 Å². The molecule has 0 aliphatic carbocycles. The van der Waals surface area contributed by atoms with Crippen LogP contribution in [0.25, 0.3) is 0 Å². The predicted octanol–water partition coefficient (Wildman–Crippen LogP) is 2.24. The van der Waals surface area contributed by atoms with Crippen LogP contribution in [0.15, 0.2) is 12.1 Å². The number of amides is 1. The minimum atomic E-state index is -0.324. The van der Waals surface area contributed by atoms with Gasteiger partial charge in [0.25, 0.3) is 5.91 Å². The Labute approximate surface area is 113 Å². The van der Waals surface area contributed by atoms with Crippen LogP contribution in [0, 0.1) is 0 Å². The van der Waals surface area contributed by atoms with Crippen molar-refractivity contribution in [3.05, 3.63) is 17.7 Å². The van der Waals surface area contributed by atoms with E-state index >= 15 is 0 Å². The van der Waals surface area contributed by atoms with Crippen LogP contribution >= 0.6 is 0 Å². The number of hydrogen-bond acceptors (Lipinski definition) is 4. The van der Waals surface area contributed by atoms with Crippen LogP contribution in [0.4, 0.5) is 0 Å². The van der Waals surface area contributed by atoms with Gasteiger partial charge in [0.2, 0.25) is 5.75 Å². The van der Waals surface area contributed by atoms with Crippen molar-refractivity contribution in [2.24, 2.45) is 0 Å². The third-order valence-corrected chi connectivity index (χ3v) is 2.44. The highest BCUT2D eigenvalue weighted by Crippen LogP contribution is 2.39. The number of ether oxygens (including phenoxy) is 3. The number of methoxy groups -OCH3 is 3. The van der Waals surface area contributed by atoms with Gasteiger partial charge in [-0.25, -0.2) is 0 Å². The molecule has 1 rings (SSSR count). The van der Waals surface area contributed by atoms with E-state index in [1.165, 1.54) is 21.3 Å². The molecule has 1 aromatic carbocycles. The summed E-state index contributed by atoms with van der Waals surface area (Å²) in [6.07, 6.45) is 0. The van der Waals surface area contributed by atoms with E-state index < -0.39 is 0 Å². The Morgan fingerprint density at radius 2 is 1.58 bits per heavy atom. The van der Waals surface area contributed by atoms with Gasteiger partial charge in [0.05, 0.1) is 26.9 Å². The summed E-state index contributed by atoms with van der Waals surface area (Å²) in [5.74, 6) is 1.08. The van der Waals surface area contributed by atoms with Gasteiger partial charge in [0.15, 0.2) is 11.5 Å². The maximum absolute atomic E-state index is 12.2. The molecule has 0 aromatic heterocycles. The Hall–Kier alpha value is -1.91. The first-order valence-electron chi connectivity index (χ1n) is 5.95. The van der Waals surface area contributed by atoms with Gasteiger partial charge in [-0.05, 0) is 32.9 Å². The molecular weight excluding hydrogens is 246 g/mol. The fourth-order valence-corrected chi connectivity index (χ4v) is 1.69. The molecule has 0 spiro atoms. The molecule has 0 atom stereocenters. The minimum Gasteiger partial charge on any atom is -0.493 e. The monoisotopic (exact) mass is 267 g/mol. The summed E-state index contributed by atoms with van der Waals surface area (Å²) < 4.78 is 15.7. The minimum absolute atomic E-state index is 0.217. The SMILES string of the molecule is COc1ccc(C(=O)NC(C)(C)C)c(OC)c1OC. The van der Waals surface area contributed by atoms with Crippen molar-refractivity contribution in [2.75, 3.05) is 21.3 Å². The van der Waals surface area contributed by atoms with Crippen molar-refractivity contribution in [3.8, 4) is 17.2 Å². The van der Waals surface area contributed by atoms with Crippen LogP contribution in [0.3, 0.4) is 0 Å².